The van der Waals surface area contributed by atoms with Crippen LogP contribution in [-0.4, -0.2) is 16.8 Å². The first-order valence-corrected chi connectivity index (χ1v) is 5.88. The predicted molar refractivity (Wildman–Crippen MR) is 62.1 cm³/mol. The van der Waals surface area contributed by atoms with Crippen LogP contribution >= 0.6 is 0 Å². The van der Waals surface area contributed by atoms with Gasteiger partial charge in [-0.05, 0) is 47.1 Å². The van der Waals surface area contributed by atoms with Crippen molar-refractivity contribution in [1.82, 2.24) is 15.1 Å². The average Bonchev–Trinajstić information content (AvgIpc) is 2.39. The quantitative estimate of drug-likeness (QED) is 0.825. The Morgan fingerprint density at radius 2 is 2.07 bits per heavy atom. The van der Waals surface area contributed by atoms with Crippen molar-refractivity contribution in [2.75, 3.05) is 7.05 Å². The Balaban J connectivity index is 2.34. The molecule has 0 spiro atoms. The average molecular weight is 207 g/mol. The van der Waals surface area contributed by atoms with Crippen LogP contribution in [0.5, 0.6) is 0 Å². The molecular weight excluding hydrogens is 186 g/mol. The molecule has 1 heterocycles. The standard InChI is InChI=1S/C12H21N3/c1-8(13-4)12-9(2)14-15(10(12)3)11-6-5-7-11/h8,11,13H,5-7H2,1-4H3. The zero-order valence-corrected chi connectivity index (χ0v) is 10.2. The van der Waals surface area contributed by atoms with Crippen LogP contribution in [0.3, 0.4) is 0 Å². The minimum absolute atomic E-state index is 0.402. The van der Waals surface area contributed by atoms with Gasteiger partial charge in [0.05, 0.1) is 11.7 Å². The van der Waals surface area contributed by atoms with E-state index in [0.29, 0.717) is 12.1 Å². The van der Waals surface area contributed by atoms with Crippen LogP contribution in [0, 0.1) is 13.8 Å². The number of hydrogen-bond acceptors (Lipinski definition) is 2. The molecule has 15 heavy (non-hydrogen) atoms. The van der Waals surface area contributed by atoms with Gasteiger partial charge in [-0.15, -0.1) is 0 Å². The Morgan fingerprint density at radius 3 is 2.53 bits per heavy atom. The minimum atomic E-state index is 0.402. The summed E-state index contributed by atoms with van der Waals surface area (Å²) in [6, 6.07) is 1.07. The highest BCUT2D eigenvalue weighted by atomic mass is 15.3. The molecule has 1 unspecified atom stereocenters. The van der Waals surface area contributed by atoms with Gasteiger partial charge in [-0.3, -0.25) is 4.68 Å². The molecule has 1 aliphatic rings. The molecule has 0 aromatic carbocycles. The number of hydrogen-bond donors (Lipinski definition) is 1. The molecule has 3 heteroatoms. The number of nitrogens with one attached hydrogen (secondary N) is 1. The lowest BCUT2D eigenvalue weighted by Gasteiger charge is -2.27. The summed E-state index contributed by atoms with van der Waals surface area (Å²) in [5.74, 6) is 0. The lowest BCUT2D eigenvalue weighted by molar-refractivity contribution is 0.283. The van der Waals surface area contributed by atoms with Crippen molar-refractivity contribution in [2.45, 2.75) is 52.1 Å². The number of aryl methyl sites for hydroxylation is 1. The molecule has 1 atom stereocenters. The summed E-state index contributed by atoms with van der Waals surface area (Å²) in [4.78, 5) is 0. The second-order valence-electron chi connectivity index (χ2n) is 4.62. The van der Waals surface area contributed by atoms with E-state index in [2.05, 4.69) is 35.9 Å². The third kappa shape index (κ3) is 1.69. The molecular formula is C12H21N3. The lowest BCUT2D eigenvalue weighted by Crippen LogP contribution is -2.20. The summed E-state index contributed by atoms with van der Waals surface area (Å²) in [6.07, 6.45) is 3.96. The number of aromatic nitrogens is 2. The van der Waals surface area contributed by atoms with E-state index in [4.69, 9.17) is 0 Å². The van der Waals surface area contributed by atoms with Crippen molar-refractivity contribution in [2.24, 2.45) is 0 Å². The molecule has 0 bridgehead atoms. The van der Waals surface area contributed by atoms with Gasteiger partial charge in [-0.25, -0.2) is 0 Å². The molecule has 1 N–H and O–H groups in total. The Hall–Kier alpha value is -0.830. The van der Waals surface area contributed by atoms with E-state index in [-0.39, 0.29) is 0 Å². The van der Waals surface area contributed by atoms with E-state index in [1.807, 2.05) is 7.05 Å². The zero-order chi connectivity index (χ0) is 11.0. The van der Waals surface area contributed by atoms with E-state index in [1.165, 1.54) is 36.2 Å². The first-order valence-electron chi connectivity index (χ1n) is 5.88. The van der Waals surface area contributed by atoms with E-state index in [9.17, 15) is 0 Å². The fraction of sp³-hybridized carbons (Fsp3) is 0.750. The Labute approximate surface area is 91.9 Å². The largest absolute Gasteiger partial charge is 0.313 e. The van der Waals surface area contributed by atoms with Crippen LogP contribution in [0.2, 0.25) is 0 Å². The normalized spacial score (nSPS) is 18.9. The highest BCUT2D eigenvalue weighted by Crippen LogP contribution is 2.34. The molecule has 2 rings (SSSR count). The van der Waals surface area contributed by atoms with Gasteiger partial charge in [0.1, 0.15) is 0 Å². The zero-order valence-electron chi connectivity index (χ0n) is 10.2. The molecule has 1 aromatic heterocycles. The number of nitrogens with zero attached hydrogens (tertiary/aromatic N) is 2. The highest BCUT2D eigenvalue weighted by molar-refractivity contribution is 5.28. The van der Waals surface area contributed by atoms with Crippen LogP contribution in [0.15, 0.2) is 0 Å². The van der Waals surface area contributed by atoms with Gasteiger partial charge in [-0.2, -0.15) is 5.10 Å². The fourth-order valence-electron chi connectivity index (χ4n) is 2.43. The third-order valence-corrected chi connectivity index (χ3v) is 3.67. The first-order chi connectivity index (χ1) is 7.15. The summed E-state index contributed by atoms with van der Waals surface area (Å²) in [5.41, 5.74) is 3.91. The molecule has 0 saturated heterocycles. The van der Waals surface area contributed by atoms with Crippen LogP contribution in [0.1, 0.15) is 55.2 Å². The van der Waals surface area contributed by atoms with Crippen LogP contribution in [0.25, 0.3) is 0 Å². The molecule has 0 aliphatic heterocycles. The predicted octanol–water partition coefficient (Wildman–Crippen LogP) is 2.51. The second kappa shape index (κ2) is 3.97. The van der Waals surface area contributed by atoms with Crippen molar-refractivity contribution >= 4 is 0 Å². The minimum Gasteiger partial charge on any atom is -0.313 e. The van der Waals surface area contributed by atoms with Crippen LogP contribution < -0.4 is 5.32 Å². The molecule has 1 fully saturated rings. The van der Waals surface area contributed by atoms with Gasteiger partial charge in [0.2, 0.25) is 0 Å². The van der Waals surface area contributed by atoms with Gasteiger partial charge < -0.3 is 5.32 Å². The van der Waals surface area contributed by atoms with Gasteiger partial charge in [0.15, 0.2) is 0 Å². The summed E-state index contributed by atoms with van der Waals surface area (Å²) in [7, 11) is 2.00. The lowest BCUT2D eigenvalue weighted by atomic mass is 9.93. The van der Waals surface area contributed by atoms with E-state index in [0.717, 1.165) is 0 Å². The van der Waals surface area contributed by atoms with Crippen molar-refractivity contribution in [1.29, 1.82) is 0 Å². The van der Waals surface area contributed by atoms with Crippen molar-refractivity contribution < 1.29 is 0 Å². The van der Waals surface area contributed by atoms with Crippen molar-refractivity contribution in [3.05, 3.63) is 17.0 Å². The Morgan fingerprint density at radius 1 is 1.40 bits per heavy atom. The van der Waals surface area contributed by atoms with Gasteiger partial charge in [0.25, 0.3) is 0 Å². The maximum atomic E-state index is 4.68. The number of rotatable bonds is 3. The van der Waals surface area contributed by atoms with Crippen LogP contribution in [0.4, 0.5) is 0 Å². The van der Waals surface area contributed by atoms with Gasteiger partial charge in [-0.1, -0.05) is 0 Å². The molecule has 3 nitrogen and oxygen atoms in total. The summed E-state index contributed by atoms with van der Waals surface area (Å²) in [6.45, 7) is 6.51. The van der Waals surface area contributed by atoms with E-state index in [1.54, 1.807) is 0 Å². The molecule has 0 radical (unpaired) electrons. The topological polar surface area (TPSA) is 29.9 Å². The molecule has 0 amide bonds. The summed E-state index contributed by atoms with van der Waals surface area (Å²) < 4.78 is 2.24. The van der Waals surface area contributed by atoms with Gasteiger partial charge in [0, 0.05) is 17.3 Å². The second-order valence-corrected chi connectivity index (χ2v) is 4.62. The maximum absolute atomic E-state index is 4.68. The molecule has 1 aliphatic carbocycles. The highest BCUT2D eigenvalue weighted by Gasteiger charge is 2.25. The Kier molecular flexibility index (Phi) is 2.83. The van der Waals surface area contributed by atoms with Crippen molar-refractivity contribution in [3.63, 3.8) is 0 Å². The SMILES string of the molecule is CNC(C)c1c(C)nn(C2CCC2)c1C. The molecule has 84 valence electrons. The van der Waals surface area contributed by atoms with E-state index >= 15 is 0 Å². The molecule has 1 saturated carbocycles. The van der Waals surface area contributed by atoms with Gasteiger partial charge >= 0.3 is 0 Å². The summed E-state index contributed by atoms with van der Waals surface area (Å²) >= 11 is 0. The fourth-order valence-corrected chi connectivity index (χ4v) is 2.43. The van der Waals surface area contributed by atoms with E-state index < -0.39 is 0 Å². The Bertz CT molecular complexity index is 350. The monoisotopic (exact) mass is 207 g/mol. The summed E-state index contributed by atoms with van der Waals surface area (Å²) in [5, 5.41) is 7.98. The first kappa shape index (κ1) is 10.7. The van der Waals surface area contributed by atoms with Crippen LogP contribution in [-0.2, 0) is 0 Å². The maximum Gasteiger partial charge on any atom is 0.0644 e. The smallest absolute Gasteiger partial charge is 0.0644 e. The molecule has 1 aromatic rings. The third-order valence-electron chi connectivity index (χ3n) is 3.67. The van der Waals surface area contributed by atoms with Crippen molar-refractivity contribution in [3.8, 4) is 0 Å².